The lowest BCUT2D eigenvalue weighted by molar-refractivity contribution is -0.00862. The zero-order valence-corrected chi connectivity index (χ0v) is 12.1. The van der Waals surface area contributed by atoms with Crippen molar-refractivity contribution in [1.29, 1.82) is 0 Å². The first-order valence-electron chi connectivity index (χ1n) is 7.20. The Morgan fingerprint density at radius 1 is 1.57 bits per heavy atom. The molecule has 1 fully saturated rings. The van der Waals surface area contributed by atoms with Gasteiger partial charge >= 0.3 is 0 Å². The van der Waals surface area contributed by atoms with Crippen molar-refractivity contribution < 1.29 is 14.6 Å². The van der Waals surface area contributed by atoms with Gasteiger partial charge in [0.15, 0.2) is 0 Å². The monoisotopic (exact) mass is 288 g/mol. The van der Waals surface area contributed by atoms with Crippen molar-refractivity contribution in [3.05, 3.63) is 29.6 Å². The zero-order chi connectivity index (χ0) is 15.1. The summed E-state index contributed by atoms with van der Waals surface area (Å²) in [6.45, 7) is 2.69. The minimum atomic E-state index is -0.134. The maximum Gasteiger partial charge on any atom is 0.252 e. The Balaban J connectivity index is 1.95. The fourth-order valence-electron chi connectivity index (χ4n) is 2.22. The number of carbonyl (C=O) groups excluding carboxylic acids is 1. The molecule has 1 aliphatic carbocycles. The number of aliphatic hydroxyl groups is 1. The van der Waals surface area contributed by atoms with Gasteiger partial charge in [0.2, 0.25) is 0 Å². The third-order valence-corrected chi connectivity index (χ3v) is 3.36. The summed E-state index contributed by atoms with van der Waals surface area (Å²) in [6, 6.07) is 1.83. The number of hydrogen-bond acceptors (Lipinski definition) is 4. The van der Waals surface area contributed by atoms with Gasteiger partial charge in [-0.2, -0.15) is 0 Å². The van der Waals surface area contributed by atoms with E-state index in [1.807, 2.05) is 6.92 Å². The fourth-order valence-corrected chi connectivity index (χ4v) is 2.22. The predicted octanol–water partition coefficient (Wildman–Crippen LogP) is 1.11. The second-order valence-electron chi connectivity index (χ2n) is 4.92. The summed E-state index contributed by atoms with van der Waals surface area (Å²) in [6.07, 6.45) is 5.52. The van der Waals surface area contributed by atoms with Crippen LogP contribution in [0.15, 0.2) is 18.5 Å². The highest BCUT2D eigenvalue weighted by atomic mass is 16.5. The van der Waals surface area contributed by atoms with Crippen LogP contribution in [0.2, 0.25) is 0 Å². The lowest BCUT2D eigenvalue weighted by Gasteiger charge is -2.35. The van der Waals surface area contributed by atoms with Gasteiger partial charge in [-0.05, 0) is 25.8 Å². The first-order valence-corrected chi connectivity index (χ1v) is 7.20. The Hall–Kier alpha value is -1.90. The molecule has 5 nitrogen and oxygen atoms in total. The average molecular weight is 288 g/mol. The van der Waals surface area contributed by atoms with E-state index in [2.05, 4.69) is 22.1 Å². The number of ether oxygens (including phenoxy) is 1. The van der Waals surface area contributed by atoms with Crippen LogP contribution in [0, 0.1) is 11.8 Å². The number of rotatable bonds is 5. The van der Waals surface area contributed by atoms with E-state index in [1.54, 1.807) is 18.5 Å². The third-order valence-electron chi connectivity index (χ3n) is 3.36. The van der Waals surface area contributed by atoms with Crippen LogP contribution < -0.4 is 5.32 Å². The largest absolute Gasteiger partial charge is 0.395 e. The number of amides is 1. The van der Waals surface area contributed by atoms with E-state index in [0.717, 1.165) is 12.8 Å². The van der Waals surface area contributed by atoms with Crippen molar-refractivity contribution in [2.45, 2.75) is 38.3 Å². The van der Waals surface area contributed by atoms with Gasteiger partial charge in [-0.1, -0.05) is 11.8 Å². The van der Waals surface area contributed by atoms with E-state index in [9.17, 15) is 4.79 Å². The first kappa shape index (κ1) is 15.5. The van der Waals surface area contributed by atoms with Crippen molar-refractivity contribution in [3.63, 3.8) is 0 Å². The molecule has 112 valence electrons. The first-order chi connectivity index (χ1) is 10.2. The van der Waals surface area contributed by atoms with E-state index >= 15 is 0 Å². The molecular weight excluding hydrogens is 268 g/mol. The molecule has 0 radical (unpaired) electrons. The smallest absolute Gasteiger partial charge is 0.252 e. The SMILES string of the molecule is CCOC1CC(NC(=O)c2ccncc2C#CCCO)C1. The molecule has 1 saturated carbocycles. The van der Waals surface area contributed by atoms with Crippen LogP contribution in [-0.4, -0.2) is 41.4 Å². The second kappa shape index (κ2) is 7.77. The normalized spacial score (nSPS) is 20.1. The molecule has 1 heterocycles. The van der Waals surface area contributed by atoms with Crippen molar-refractivity contribution in [3.8, 4) is 11.8 Å². The molecule has 0 atom stereocenters. The molecule has 1 aliphatic rings. The highest BCUT2D eigenvalue weighted by Gasteiger charge is 2.31. The van der Waals surface area contributed by atoms with E-state index in [4.69, 9.17) is 9.84 Å². The summed E-state index contributed by atoms with van der Waals surface area (Å²) in [5.74, 6) is 5.55. The maximum atomic E-state index is 12.3. The lowest BCUT2D eigenvalue weighted by Crippen LogP contribution is -2.47. The molecule has 5 heteroatoms. The van der Waals surface area contributed by atoms with Gasteiger partial charge in [-0.3, -0.25) is 9.78 Å². The Morgan fingerprint density at radius 3 is 3.10 bits per heavy atom. The summed E-state index contributed by atoms with van der Waals surface area (Å²) in [4.78, 5) is 16.3. The number of pyridine rings is 1. The molecule has 21 heavy (non-hydrogen) atoms. The zero-order valence-electron chi connectivity index (χ0n) is 12.1. The van der Waals surface area contributed by atoms with Crippen molar-refractivity contribution >= 4 is 5.91 Å². The molecule has 1 aromatic rings. The van der Waals surface area contributed by atoms with Crippen LogP contribution in [0.25, 0.3) is 0 Å². The van der Waals surface area contributed by atoms with Crippen LogP contribution in [0.4, 0.5) is 0 Å². The molecule has 0 aliphatic heterocycles. The van der Waals surface area contributed by atoms with Crippen LogP contribution in [0.3, 0.4) is 0 Å². The molecule has 0 bridgehead atoms. The quantitative estimate of drug-likeness (QED) is 0.796. The van der Waals surface area contributed by atoms with Gasteiger partial charge in [-0.25, -0.2) is 0 Å². The lowest BCUT2D eigenvalue weighted by atomic mass is 9.89. The van der Waals surface area contributed by atoms with Gasteiger partial charge in [0.05, 0.1) is 23.8 Å². The molecule has 1 amide bonds. The molecule has 0 saturated heterocycles. The summed E-state index contributed by atoms with van der Waals surface area (Å²) < 4.78 is 5.48. The Kier molecular flexibility index (Phi) is 5.73. The number of nitrogens with one attached hydrogen (secondary N) is 1. The summed E-state index contributed by atoms with van der Waals surface area (Å²) >= 11 is 0. The topological polar surface area (TPSA) is 71.5 Å². The average Bonchev–Trinajstić information content (AvgIpc) is 2.46. The number of aromatic nitrogens is 1. The van der Waals surface area contributed by atoms with Crippen LogP contribution >= 0.6 is 0 Å². The summed E-state index contributed by atoms with van der Waals surface area (Å²) in [5, 5.41) is 11.7. The van der Waals surface area contributed by atoms with Gasteiger partial charge in [0.1, 0.15) is 0 Å². The Labute approximate surface area is 124 Å². The van der Waals surface area contributed by atoms with E-state index in [1.165, 1.54) is 0 Å². The second-order valence-corrected chi connectivity index (χ2v) is 4.92. The van der Waals surface area contributed by atoms with Gasteiger partial charge < -0.3 is 15.2 Å². The number of aliphatic hydroxyl groups excluding tert-OH is 1. The van der Waals surface area contributed by atoms with E-state index < -0.39 is 0 Å². The minimum Gasteiger partial charge on any atom is -0.395 e. The van der Waals surface area contributed by atoms with Crippen LogP contribution in [0.1, 0.15) is 42.1 Å². The number of hydrogen-bond donors (Lipinski definition) is 2. The van der Waals surface area contributed by atoms with E-state index in [0.29, 0.717) is 24.2 Å². The number of carbonyl (C=O) groups is 1. The minimum absolute atomic E-state index is 0.00961. The predicted molar refractivity (Wildman–Crippen MR) is 78.7 cm³/mol. The summed E-state index contributed by atoms with van der Waals surface area (Å²) in [7, 11) is 0. The molecule has 0 aromatic carbocycles. The highest BCUT2D eigenvalue weighted by Crippen LogP contribution is 2.23. The van der Waals surface area contributed by atoms with Gasteiger partial charge in [-0.15, -0.1) is 0 Å². The van der Waals surface area contributed by atoms with Crippen molar-refractivity contribution in [2.24, 2.45) is 0 Å². The Morgan fingerprint density at radius 2 is 2.38 bits per heavy atom. The van der Waals surface area contributed by atoms with Crippen LogP contribution in [0.5, 0.6) is 0 Å². The molecule has 0 spiro atoms. The van der Waals surface area contributed by atoms with Gasteiger partial charge in [0, 0.05) is 31.5 Å². The van der Waals surface area contributed by atoms with Crippen molar-refractivity contribution in [2.75, 3.05) is 13.2 Å². The van der Waals surface area contributed by atoms with Crippen molar-refractivity contribution in [1.82, 2.24) is 10.3 Å². The maximum absolute atomic E-state index is 12.3. The van der Waals surface area contributed by atoms with Crippen LogP contribution in [-0.2, 0) is 4.74 Å². The molecular formula is C16H20N2O3. The fraction of sp³-hybridized carbons (Fsp3) is 0.500. The van der Waals surface area contributed by atoms with Gasteiger partial charge in [0.25, 0.3) is 5.91 Å². The molecule has 2 N–H and O–H groups in total. The summed E-state index contributed by atoms with van der Waals surface area (Å²) in [5.41, 5.74) is 1.11. The molecule has 0 unspecified atom stereocenters. The third kappa shape index (κ3) is 4.28. The number of nitrogens with zero attached hydrogens (tertiary/aromatic N) is 1. The standard InChI is InChI=1S/C16H20N2O3/c1-2-21-14-9-13(10-14)18-16(20)15-6-7-17-11-12(15)5-3-4-8-19/h6-7,11,13-14,19H,2,4,8-10H2,1H3,(H,18,20). The molecule has 1 aromatic heterocycles. The highest BCUT2D eigenvalue weighted by molar-refractivity contribution is 5.96. The molecule has 2 rings (SSSR count). The van der Waals surface area contributed by atoms with E-state index in [-0.39, 0.29) is 24.7 Å². The Bertz CT molecular complexity index is 542.